The molecule has 0 saturated carbocycles. The first-order valence-electron chi connectivity index (χ1n) is 5.22. The van der Waals surface area contributed by atoms with E-state index in [0.29, 0.717) is 5.92 Å². The molecule has 0 unspecified atom stereocenters. The van der Waals surface area contributed by atoms with Gasteiger partial charge in [-0.1, -0.05) is 26.0 Å². The Morgan fingerprint density at radius 3 is 2.67 bits per heavy atom. The summed E-state index contributed by atoms with van der Waals surface area (Å²) >= 11 is 5.58. The number of rotatable bonds is 5. The van der Waals surface area contributed by atoms with Gasteiger partial charge in [-0.05, 0) is 42.3 Å². The summed E-state index contributed by atoms with van der Waals surface area (Å²) in [5.74, 6) is 1.44. The second-order valence-electron chi connectivity index (χ2n) is 4.11. The zero-order chi connectivity index (χ0) is 11.3. The zero-order valence-electron chi connectivity index (χ0n) is 9.46. The SMILES string of the molecule is CC(C)COc1cccc([C@@H](C)NCl)c1. The number of benzene rings is 1. The third-order valence-corrected chi connectivity index (χ3v) is 2.43. The molecule has 0 heterocycles. The lowest BCUT2D eigenvalue weighted by molar-refractivity contribution is 0.270. The number of hydrogen-bond acceptors (Lipinski definition) is 2. The topological polar surface area (TPSA) is 21.3 Å². The molecule has 84 valence electrons. The Morgan fingerprint density at radius 2 is 2.07 bits per heavy atom. The van der Waals surface area contributed by atoms with Crippen molar-refractivity contribution in [1.82, 2.24) is 4.84 Å². The summed E-state index contributed by atoms with van der Waals surface area (Å²) in [5.41, 5.74) is 1.13. The van der Waals surface area contributed by atoms with Crippen molar-refractivity contribution in [3.8, 4) is 5.75 Å². The molecule has 0 aliphatic heterocycles. The average molecular weight is 228 g/mol. The Kier molecular flexibility index (Phi) is 4.92. The third-order valence-electron chi connectivity index (χ3n) is 2.11. The van der Waals surface area contributed by atoms with Crippen molar-refractivity contribution >= 4 is 11.8 Å². The molecule has 1 rings (SSSR count). The van der Waals surface area contributed by atoms with Crippen molar-refractivity contribution < 1.29 is 4.74 Å². The second-order valence-corrected chi connectivity index (χ2v) is 4.33. The number of hydrogen-bond donors (Lipinski definition) is 1. The minimum absolute atomic E-state index is 0.134. The van der Waals surface area contributed by atoms with E-state index in [2.05, 4.69) is 18.7 Å². The van der Waals surface area contributed by atoms with E-state index in [-0.39, 0.29) is 6.04 Å². The molecule has 0 saturated heterocycles. The van der Waals surface area contributed by atoms with E-state index in [1.165, 1.54) is 0 Å². The van der Waals surface area contributed by atoms with Gasteiger partial charge in [-0.3, -0.25) is 0 Å². The molecule has 0 bridgehead atoms. The highest BCUT2D eigenvalue weighted by Gasteiger charge is 2.04. The van der Waals surface area contributed by atoms with Gasteiger partial charge in [-0.15, -0.1) is 0 Å². The summed E-state index contributed by atoms with van der Waals surface area (Å²) < 4.78 is 5.63. The van der Waals surface area contributed by atoms with Crippen molar-refractivity contribution in [3.63, 3.8) is 0 Å². The lowest BCUT2D eigenvalue weighted by Gasteiger charge is -2.12. The van der Waals surface area contributed by atoms with Crippen LogP contribution in [0, 0.1) is 5.92 Å². The van der Waals surface area contributed by atoms with Crippen molar-refractivity contribution in [3.05, 3.63) is 29.8 Å². The normalized spacial score (nSPS) is 12.9. The molecular formula is C12H18ClNO. The van der Waals surface area contributed by atoms with Gasteiger partial charge in [0.15, 0.2) is 0 Å². The molecule has 0 radical (unpaired) electrons. The maximum absolute atomic E-state index is 5.63. The van der Waals surface area contributed by atoms with Gasteiger partial charge in [0.2, 0.25) is 0 Å². The lowest BCUT2D eigenvalue weighted by Crippen LogP contribution is -2.08. The Morgan fingerprint density at radius 1 is 1.33 bits per heavy atom. The average Bonchev–Trinajstić information content (AvgIpc) is 2.25. The van der Waals surface area contributed by atoms with Gasteiger partial charge < -0.3 is 4.74 Å². The Balaban J connectivity index is 2.65. The summed E-state index contributed by atoms with van der Waals surface area (Å²) in [6, 6.07) is 8.13. The van der Waals surface area contributed by atoms with Crippen LogP contribution in [0.2, 0.25) is 0 Å². The van der Waals surface area contributed by atoms with Gasteiger partial charge >= 0.3 is 0 Å². The summed E-state index contributed by atoms with van der Waals surface area (Å²) in [4.78, 5) is 2.69. The fraction of sp³-hybridized carbons (Fsp3) is 0.500. The Bertz CT molecular complexity index is 301. The van der Waals surface area contributed by atoms with Crippen LogP contribution in [0.25, 0.3) is 0 Å². The van der Waals surface area contributed by atoms with Gasteiger partial charge in [-0.2, -0.15) is 0 Å². The minimum atomic E-state index is 0.134. The van der Waals surface area contributed by atoms with Crippen LogP contribution in [-0.4, -0.2) is 6.61 Å². The third kappa shape index (κ3) is 4.10. The van der Waals surface area contributed by atoms with Gasteiger partial charge in [0, 0.05) is 6.04 Å². The fourth-order valence-electron chi connectivity index (χ4n) is 1.20. The highest BCUT2D eigenvalue weighted by molar-refractivity contribution is 6.13. The van der Waals surface area contributed by atoms with E-state index in [1.807, 2.05) is 31.2 Å². The molecule has 15 heavy (non-hydrogen) atoms. The molecule has 0 aliphatic rings. The van der Waals surface area contributed by atoms with Crippen LogP contribution in [0.3, 0.4) is 0 Å². The predicted molar refractivity (Wildman–Crippen MR) is 64.2 cm³/mol. The summed E-state index contributed by atoms with van der Waals surface area (Å²) in [7, 11) is 0. The quantitative estimate of drug-likeness (QED) is 0.778. The molecule has 0 fully saturated rings. The van der Waals surface area contributed by atoms with Crippen LogP contribution in [0.15, 0.2) is 24.3 Å². The van der Waals surface area contributed by atoms with Crippen molar-refractivity contribution in [2.75, 3.05) is 6.61 Å². The molecule has 3 heteroatoms. The first-order valence-corrected chi connectivity index (χ1v) is 5.60. The fourth-order valence-corrected chi connectivity index (χ4v) is 1.33. The van der Waals surface area contributed by atoms with Crippen LogP contribution in [0.5, 0.6) is 5.75 Å². The van der Waals surface area contributed by atoms with Gasteiger partial charge in [-0.25, -0.2) is 4.84 Å². The van der Waals surface area contributed by atoms with Crippen molar-refractivity contribution in [2.24, 2.45) is 5.92 Å². The standard InChI is InChI=1S/C12H18ClNO/c1-9(2)8-15-12-6-4-5-11(7-12)10(3)14-13/h4-7,9-10,14H,8H2,1-3H3/t10-/m1/s1. The van der Waals surface area contributed by atoms with E-state index in [1.54, 1.807) is 0 Å². The van der Waals surface area contributed by atoms with Crippen LogP contribution < -0.4 is 9.57 Å². The predicted octanol–water partition coefficient (Wildman–Crippen LogP) is 3.53. The van der Waals surface area contributed by atoms with Gasteiger partial charge in [0.1, 0.15) is 5.75 Å². The van der Waals surface area contributed by atoms with E-state index < -0.39 is 0 Å². The zero-order valence-corrected chi connectivity index (χ0v) is 10.2. The first kappa shape index (κ1) is 12.3. The number of nitrogens with one attached hydrogen (secondary N) is 1. The maximum atomic E-state index is 5.63. The number of ether oxygens (including phenoxy) is 1. The molecule has 2 nitrogen and oxygen atoms in total. The van der Waals surface area contributed by atoms with Crippen LogP contribution in [0.4, 0.5) is 0 Å². The van der Waals surface area contributed by atoms with E-state index in [9.17, 15) is 0 Å². The molecule has 0 aliphatic carbocycles. The van der Waals surface area contributed by atoms with Crippen LogP contribution in [-0.2, 0) is 0 Å². The van der Waals surface area contributed by atoms with E-state index >= 15 is 0 Å². The maximum Gasteiger partial charge on any atom is 0.119 e. The molecule has 1 N–H and O–H groups in total. The minimum Gasteiger partial charge on any atom is -0.493 e. The van der Waals surface area contributed by atoms with Crippen LogP contribution in [0.1, 0.15) is 32.4 Å². The molecule has 0 aromatic heterocycles. The van der Waals surface area contributed by atoms with Crippen molar-refractivity contribution in [2.45, 2.75) is 26.8 Å². The van der Waals surface area contributed by atoms with Crippen LogP contribution >= 0.6 is 11.8 Å². The summed E-state index contributed by atoms with van der Waals surface area (Å²) in [6.45, 7) is 7.01. The van der Waals surface area contributed by atoms with Gasteiger partial charge in [0.25, 0.3) is 0 Å². The van der Waals surface area contributed by atoms with Gasteiger partial charge in [0.05, 0.1) is 6.61 Å². The summed E-state index contributed by atoms with van der Waals surface area (Å²) in [5, 5.41) is 0. The highest BCUT2D eigenvalue weighted by Crippen LogP contribution is 2.19. The monoisotopic (exact) mass is 227 g/mol. The highest BCUT2D eigenvalue weighted by atomic mass is 35.5. The molecule has 1 aromatic rings. The molecule has 0 amide bonds. The lowest BCUT2D eigenvalue weighted by atomic mass is 10.1. The number of halogens is 1. The molecular weight excluding hydrogens is 210 g/mol. The first-order chi connectivity index (χ1) is 7.13. The van der Waals surface area contributed by atoms with Crippen molar-refractivity contribution in [1.29, 1.82) is 0 Å². The second kappa shape index (κ2) is 5.99. The largest absolute Gasteiger partial charge is 0.493 e. The van der Waals surface area contributed by atoms with E-state index in [4.69, 9.17) is 16.5 Å². The molecule has 1 atom stereocenters. The molecule has 1 aromatic carbocycles. The Hall–Kier alpha value is -0.730. The van der Waals surface area contributed by atoms with E-state index in [0.717, 1.165) is 17.9 Å². The molecule has 0 spiro atoms. The Labute approximate surface area is 96.7 Å². The summed E-state index contributed by atoms with van der Waals surface area (Å²) in [6.07, 6.45) is 0. The smallest absolute Gasteiger partial charge is 0.119 e.